The van der Waals surface area contributed by atoms with Gasteiger partial charge in [-0.1, -0.05) is 28.9 Å². The van der Waals surface area contributed by atoms with Crippen molar-refractivity contribution in [3.8, 4) is 17.4 Å². The molecular formula is C18H12ClN3O3. The SMILES string of the molecule is Cc1cc(NC(=O)/C(C#N)=C\c2ccc(-c3cccc(Cl)c3)o2)no1. The van der Waals surface area contributed by atoms with Gasteiger partial charge in [-0.05, 0) is 31.2 Å². The lowest BCUT2D eigenvalue weighted by atomic mass is 10.2. The fourth-order valence-electron chi connectivity index (χ4n) is 2.13. The van der Waals surface area contributed by atoms with Crippen LogP contribution in [-0.4, -0.2) is 11.1 Å². The van der Waals surface area contributed by atoms with Gasteiger partial charge in [0.2, 0.25) is 0 Å². The highest BCUT2D eigenvalue weighted by Crippen LogP contribution is 2.25. The van der Waals surface area contributed by atoms with Crippen LogP contribution in [0.15, 0.2) is 57.0 Å². The van der Waals surface area contributed by atoms with Crippen molar-refractivity contribution in [3.63, 3.8) is 0 Å². The summed E-state index contributed by atoms with van der Waals surface area (Å²) in [5, 5.41) is 15.9. The zero-order valence-electron chi connectivity index (χ0n) is 13.1. The Morgan fingerprint density at radius 2 is 2.16 bits per heavy atom. The van der Waals surface area contributed by atoms with E-state index >= 15 is 0 Å². The molecule has 0 spiro atoms. The number of hydrogen-bond acceptors (Lipinski definition) is 5. The minimum Gasteiger partial charge on any atom is -0.457 e. The minimum atomic E-state index is -0.600. The van der Waals surface area contributed by atoms with E-state index in [0.29, 0.717) is 22.3 Å². The van der Waals surface area contributed by atoms with Gasteiger partial charge in [-0.3, -0.25) is 4.79 Å². The molecule has 0 aliphatic heterocycles. The molecule has 3 aromatic rings. The van der Waals surface area contributed by atoms with Crippen molar-refractivity contribution in [2.75, 3.05) is 5.32 Å². The van der Waals surface area contributed by atoms with Crippen LogP contribution >= 0.6 is 11.6 Å². The molecular weight excluding hydrogens is 342 g/mol. The fraction of sp³-hybridized carbons (Fsp3) is 0.0556. The summed E-state index contributed by atoms with van der Waals surface area (Å²) in [6.45, 7) is 1.70. The van der Waals surface area contributed by atoms with Crippen LogP contribution < -0.4 is 5.32 Å². The van der Waals surface area contributed by atoms with Crippen LogP contribution in [-0.2, 0) is 4.79 Å². The second-order valence-corrected chi connectivity index (χ2v) is 5.60. The zero-order chi connectivity index (χ0) is 17.8. The second-order valence-electron chi connectivity index (χ2n) is 5.16. The largest absolute Gasteiger partial charge is 0.457 e. The molecule has 1 aromatic carbocycles. The summed E-state index contributed by atoms with van der Waals surface area (Å²) in [6, 6.07) is 14.0. The molecule has 2 aromatic heterocycles. The molecule has 1 N–H and O–H groups in total. The Morgan fingerprint density at radius 1 is 1.32 bits per heavy atom. The maximum absolute atomic E-state index is 12.1. The smallest absolute Gasteiger partial charge is 0.267 e. The van der Waals surface area contributed by atoms with Crippen LogP contribution in [0.5, 0.6) is 0 Å². The van der Waals surface area contributed by atoms with E-state index in [4.69, 9.17) is 20.5 Å². The summed E-state index contributed by atoms with van der Waals surface area (Å²) < 4.78 is 10.5. The van der Waals surface area contributed by atoms with Gasteiger partial charge in [0.1, 0.15) is 28.9 Å². The maximum Gasteiger partial charge on any atom is 0.267 e. The number of aryl methyl sites for hydroxylation is 1. The van der Waals surface area contributed by atoms with Gasteiger partial charge in [0.25, 0.3) is 5.91 Å². The first-order valence-corrected chi connectivity index (χ1v) is 7.65. The van der Waals surface area contributed by atoms with Gasteiger partial charge in [-0.25, -0.2) is 0 Å². The third kappa shape index (κ3) is 3.97. The molecule has 0 atom stereocenters. The Hall–Kier alpha value is -3.30. The number of nitrogens with one attached hydrogen (secondary N) is 1. The third-order valence-electron chi connectivity index (χ3n) is 3.26. The summed E-state index contributed by atoms with van der Waals surface area (Å²) in [5.74, 6) is 1.14. The second kappa shape index (κ2) is 7.07. The van der Waals surface area contributed by atoms with Gasteiger partial charge < -0.3 is 14.3 Å². The lowest BCUT2D eigenvalue weighted by Gasteiger charge is -1.99. The van der Waals surface area contributed by atoms with E-state index in [1.54, 1.807) is 37.3 Å². The predicted octanol–water partition coefficient (Wildman–Crippen LogP) is 4.44. The van der Waals surface area contributed by atoms with Gasteiger partial charge in [0, 0.05) is 22.7 Å². The number of carbonyl (C=O) groups is 1. The molecule has 0 saturated carbocycles. The average Bonchev–Trinajstić information content (AvgIpc) is 3.21. The highest BCUT2D eigenvalue weighted by Gasteiger charge is 2.13. The molecule has 0 aliphatic rings. The molecule has 1 amide bonds. The predicted molar refractivity (Wildman–Crippen MR) is 92.6 cm³/mol. The minimum absolute atomic E-state index is 0.118. The van der Waals surface area contributed by atoms with Crippen molar-refractivity contribution < 1.29 is 13.7 Å². The van der Waals surface area contributed by atoms with Crippen molar-refractivity contribution in [2.24, 2.45) is 0 Å². The molecule has 0 fully saturated rings. The third-order valence-corrected chi connectivity index (χ3v) is 3.49. The fourth-order valence-corrected chi connectivity index (χ4v) is 2.32. The quantitative estimate of drug-likeness (QED) is 0.552. The lowest BCUT2D eigenvalue weighted by Crippen LogP contribution is -2.13. The number of benzene rings is 1. The molecule has 0 bridgehead atoms. The van der Waals surface area contributed by atoms with Crippen molar-refractivity contribution in [1.29, 1.82) is 5.26 Å². The van der Waals surface area contributed by atoms with Gasteiger partial charge >= 0.3 is 0 Å². The Morgan fingerprint density at radius 3 is 2.84 bits per heavy atom. The van der Waals surface area contributed by atoms with E-state index in [1.807, 2.05) is 18.2 Å². The Bertz CT molecular complexity index is 995. The topological polar surface area (TPSA) is 92.1 Å². The van der Waals surface area contributed by atoms with Gasteiger partial charge in [-0.2, -0.15) is 5.26 Å². The Labute approximate surface area is 148 Å². The number of nitriles is 1. The number of rotatable bonds is 4. The van der Waals surface area contributed by atoms with E-state index in [1.165, 1.54) is 6.08 Å². The molecule has 124 valence electrons. The molecule has 7 heteroatoms. The number of aromatic nitrogens is 1. The molecule has 0 unspecified atom stereocenters. The highest BCUT2D eigenvalue weighted by atomic mass is 35.5. The van der Waals surface area contributed by atoms with Gasteiger partial charge in [0.05, 0.1) is 0 Å². The summed E-state index contributed by atoms with van der Waals surface area (Å²) in [7, 11) is 0. The van der Waals surface area contributed by atoms with E-state index < -0.39 is 5.91 Å². The van der Waals surface area contributed by atoms with Crippen LogP contribution in [0.25, 0.3) is 17.4 Å². The standard InChI is InChI=1S/C18H12ClN3O3/c1-11-7-17(22-25-11)21-18(23)13(10-20)9-15-5-6-16(24-15)12-3-2-4-14(19)8-12/h2-9H,1H3,(H,21,22,23)/b13-9-. The maximum atomic E-state index is 12.1. The Balaban J connectivity index is 1.81. The van der Waals surface area contributed by atoms with Crippen LogP contribution in [0, 0.1) is 18.3 Å². The zero-order valence-corrected chi connectivity index (χ0v) is 13.9. The number of nitrogens with zero attached hydrogens (tertiary/aromatic N) is 2. The van der Waals surface area contributed by atoms with Gasteiger partial charge in [0.15, 0.2) is 5.82 Å². The first-order chi connectivity index (χ1) is 12.0. The number of anilines is 1. The molecule has 0 radical (unpaired) electrons. The molecule has 3 rings (SSSR count). The number of halogens is 1. The molecule has 25 heavy (non-hydrogen) atoms. The van der Waals surface area contributed by atoms with E-state index in [2.05, 4.69) is 10.5 Å². The van der Waals surface area contributed by atoms with Gasteiger partial charge in [-0.15, -0.1) is 0 Å². The van der Waals surface area contributed by atoms with E-state index in [9.17, 15) is 10.1 Å². The van der Waals surface area contributed by atoms with Crippen molar-refractivity contribution in [3.05, 3.63) is 64.6 Å². The summed E-state index contributed by atoms with van der Waals surface area (Å²) in [4.78, 5) is 12.1. The van der Waals surface area contributed by atoms with Crippen molar-refractivity contribution in [2.45, 2.75) is 6.92 Å². The number of furan rings is 1. The van der Waals surface area contributed by atoms with Crippen LogP contribution in [0.4, 0.5) is 5.82 Å². The molecule has 2 heterocycles. The molecule has 0 aliphatic carbocycles. The summed E-state index contributed by atoms with van der Waals surface area (Å²) in [5.41, 5.74) is 0.681. The summed E-state index contributed by atoms with van der Waals surface area (Å²) >= 11 is 5.97. The monoisotopic (exact) mass is 353 g/mol. The van der Waals surface area contributed by atoms with Crippen LogP contribution in [0.2, 0.25) is 5.02 Å². The first-order valence-electron chi connectivity index (χ1n) is 7.27. The van der Waals surface area contributed by atoms with Crippen molar-refractivity contribution >= 4 is 29.4 Å². The van der Waals surface area contributed by atoms with Crippen LogP contribution in [0.1, 0.15) is 11.5 Å². The Kier molecular flexibility index (Phi) is 4.68. The number of carbonyl (C=O) groups excluding carboxylic acids is 1. The lowest BCUT2D eigenvalue weighted by molar-refractivity contribution is -0.112. The van der Waals surface area contributed by atoms with E-state index in [-0.39, 0.29) is 11.4 Å². The van der Waals surface area contributed by atoms with Crippen LogP contribution in [0.3, 0.4) is 0 Å². The van der Waals surface area contributed by atoms with Crippen molar-refractivity contribution in [1.82, 2.24) is 5.16 Å². The van der Waals surface area contributed by atoms with E-state index in [0.717, 1.165) is 5.56 Å². The normalized spacial score (nSPS) is 11.2. The number of hydrogen-bond donors (Lipinski definition) is 1. The highest BCUT2D eigenvalue weighted by molar-refractivity contribution is 6.30. The summed E-state index contributed by atoms with van der Waals surface area (Å²) in [6.07, 6.45) is 1.36. The number of amides is 1. The molecule has 6 nitrogen and oxygen atoms in total. The average molecular weight is 354 g/mol. The first kappa shape index (κ1) is 16.6. The molecule has 0 saturated heterocycles.